The van der Waals surface area contributed by atoms with E-state index in [4.69, 9.17) is 10.7 Å². The van der Waals surface area contributed by atoms with Gasteiger partial charge < -0.3 is 10.3 Å². The number of fused-ring (bicyclic) bond motifs is 1. The number of aryl methyl sites for hydroxylation is 1. The van der Waals surface area contributed by atoms with Gasteiger partial charge in [0.2, 0.25) is 0 Å². The predicted octanol–water partition coefficient (Wildman–Crippen LogP) is 3.54. The summed E-state index contributed by atoms with van der Waals surface area (Å²) in [7, 11) is 0. The van der Waals surface area contributed by atoms with Crippen molar-refractivity contribution in [3.8, 4) is 0 Å². The maximum absolute atomic E-state index is 5.87. The minimum absolute atomic E-state index is 0.249. The third-order valence-corrected chi connectivity index (χ3v) is 3.92. The van der Waals surface area contributed by atoms with Crippen molar-refractivity contribution >= 4 is 11.0 Å². The van der Waals surface area contributed by atoms with Gasteiger partial charge in [0.25, 0.3) is 0 Å². The van der Waals surface area contributed by atoms with Gasteiger partial charge in [-0.3, -0.25) is 0 Å². The maximum atomic E-state index is 5.87. The van der Waals surface area contributed by atoms with Gasteiger partial charge in [-0.1, -0.05) is 49.4 Å². The Bertz CT molecular complexity index is 716. The first-order valence-corrected chi connectivity index (χ1v) is 7.56. The molecule has 0 spiro atoms. The summed E-state index contributed by atoms with van der Waals surface area (Å²) in [5.74, 6) is 1.12. The van der Waals surface area contributed by atoms with Crippen LogP contribution >= 0.6 is 0 Å². The zero-order chi connectivity index (χ0) is 14.7. The molecule has 21 heavy (non-hydrogen) atoms. The van der Waals surface area contributed by atoms with Crippen LogP contribution in [0.4, 0.5) is 0 Å². The Balaban J connectivity index is 2.19. The molecule has 0 saturated heterocycles. The van der Waals surface area contributed by atoms with E-state index in [0.29, 0.717) is 6.54 Å². The first-order chi connectivity index (χ1) is 10.3. The maximum Gasteiger partial charge on any atom is 0.110 e. The van der Waals surface area contributed by atoms with Crippen molar-refractivity contribution in [1.82, 2.24) is 9.55 Å². The monoisotopic (exact) mass is 279 g/mol. The first kappa shape index (κ1) is 13.8. The highest BCUT2D eigenvalue weighted by Gasteiger charge is 2.19. The Hall–Kier alpha value is -2.13. The summed E-state index contributed by atoms with van der Waals surface area (Å²) in [6, 6.07) is 19.2. The summed E-state index contributed by atoms with van der Waals surface area (Å²) < 4.78 is 2.36. The highest BCUT2D eigenvalue weighted by atomic mass is 15.1. The predicted molar refractivity (Wildman–Crippen MR) is 87.4 cm³/mol. The van der Waals surface area contributed by atoms with E-state index in [9.17, 15) is 0 Å². The normalized spacial score (nSPS) is 12.7. The molecule has 0 aliphatic rings. The molecule has 0 aliphatic carbocycles. The zero-order valence-corrected chi connectivity index (χ0v) is 12.4. The molecule has 2 aromatic carbocycles. The van der Waals surface area contributed by atoms with Crippen LogP contribution in [0.5, 0.6) is 0 Å². The molecular weight excluding hydrogens is 258 g/mol. The van der Waals surface area contributed by atoms with Gasteiger partial charge in [0.1, 0.15) is 5.82 Å². The highest BCUT2D eigenvalue weighted by molar-refractivity contribution is 5.76. The molecule has 0 amide bonds. The van der Waals surface area contributed by atoms with Crippen molar-refractivity contribution in [3.63, 3.8) is 0 Å². The minimum atomic E-state index is 0.249. The van der Waals surface area contributed by atoms with Crippen LogP contribution in [0, 0.1) is 0 Å². The topological polar surface area (TPSA) is 43.8 Å². The number of imidazole rings is 1. The summed E-state index contributed by atoms with van der Waals surface area (Å²) in [5, 5.41) is 0. The Kier molecular flexibility index (Phi) is 4.02. The van der Waals surface area contributed by atoms with E-state index < -0.39 is 0 Å². The Morgan fingerprint density at radius 2 is 1.76 bits per heavy atom. The summed E-state index contributed by atoms with van der Waals surface area (Å²) in [5.41, 5.74) is 9.42. The van der Waals surface area contributed by atoms with E-state index in [0.717, 1.165) is 24.2 Å². The summed E-state index contributed by atoms with van der Waals surface area (Å²) in [6.07, 6.45) is 1.83. The molecule has 3 nitrogen and oxygen atoms in total. The molecule has 3 rings (SSSR count). The lowest BCUT2D eigenvalue weighted by Gasteiger charge is -2.21. The zero-order valence-electron chi connectivity index (χ0n) is 12.4. The van der Waals surface area contributed by atoms with Gasteiger partial charge in [-0.05, 0) is 30.7 Å². The number of nitrogens with two attached hydrogens (primary N) is 1. The van der Waals surface area contributed by atoms with Crippen LogP contribution in [0.25, 0.3) is 11.0 Å². The minimum Gasteiger partial charge on any atom is -0.330 e. The van der Waals surface area contributed by atoms with E-state index >= 15 is 0 Å². The first-order valence-electron chi connectivity index (χ1n) is 7.56. The van der Waals surface area contributed by atoms with E-state index in [1.807, 2.05) is 6.07 Å². The lowest BCUT2D eigenvalue weighted by atomic mass is 10.0. The number of hydrogen-bond donors (Lipinski definition) is 1. The van der Waals surface area contributed by atoms with Crippen molar-refractivity contribution in [1.29, 1.82) is 0 Å². The number of hydrogen-bond acceptors (Lipinski definition) is 2. The fourth-order valence-corrected chi connectivity index (χ4v) is 2.97. The second kappa shape index (κ2) is 6.10. The smallest absolute Gasteiger partial charge is 0.110 e. The van der Waals surface area contributed by atoms with Crippen LogP contribution in [0.2, 0.25) is 0 Å². The summed E-state index contributed by atoms with van der Waals surface area (Å²) >= 11 is 0. The fourth-order valence-electron chi connectivity index (χ4n) is 2.97. The fraction of sp³-hybridized carbons (Fsp3) is 0.278. The largest absolute Gasteiger partial charge is 0.330 e. The molecule has 1 heterocycles. The molecule has 108 valence electrons. The lowest BCUT2D eigenvalue weighted by Crippen LogP contribution is -2.17. The van der Waals surface area contributed by atoms with Crippen molar-refractivity contribution in [3.05, 3.63) is 66.0 Å². The Morgan fingerprint density at radius 1 is 1.05 bits per heavy atom. The van der Waals surface area contributed by atoms with Crippen LogP contribution in [-0.2, 0) is 6.42 Å². The third-order valence-electron chi connectivity index (χ3n) is 3.92. The molecule has 0 aliphatic heterocycles. The van der Waals surface area contributed by atoms with Crippen molar-refractivity contribution in [2.24, 2.45) is 5.73 Å². The van der Waals surface area contributed by atoms with Crippen LogP contribution < -0.4 is 5.73 Å². The van der Waals surface area contributed by atoms with Gasteiger partial charge in [-0.25, -0.2) is 4.98 Å². The number of aromatic nitrogens is 2. The molecule has 1 aromatic heterocycles. The van der Waals surface area contributed by atoms with Gasteiger partial charge in [-0.2, -0.15) is 0 Å². The van der Waals surface area contributed by atoms with Crippen molar-refractivity contribution in [2.45, 2.75) is 25.8 Å². The van der Waals surface area contributed by atoms with Gasteiger partial charge in [0.05, 0.1) is 17.1 Å². The number of rotatable bonds is 5. The standard InChI is InChI=1S/C18H21N3/c1-2-18-20-15-10-6-7-11-17(15)21(18)16(12-13-19)14-8-4-3-5-9-14/h3-11,16H,2,12-13,19H2,1H3. The Labute approximate surface area is 125 Å². The lowest BCUT2D eigenvalue weighted by molar-refractivity contribution is 0.540. The second-order valence-electron chi connectivity index (χ2n) is 5.24. The SMILES string of the molecule is CCc1nc2ccccc2n1C(CCN)c1ccccc1. The number of benzene rings is 2. The van der Waals surface area contributed by atoms with E-state index in [2.05, 4.69) is 60.0 Å². The average molecular weight is 279 g/mol. The van der Waals surface area contributed by atoms with Crippen LogP contribution in [0.1, 0.15) is 30.8 Å². The van der Waals surface area contributed by atoms with Crippen LogP contribution in [0.15, 0.2) is 54.6 Å². The van der Waals surface area contributed by atoms with Gasteiger partial charge in [0.15, 0.2) is 0 Å². The number of nitrogens with zero attached hydrogens (tertiary/aromatic N) is 2. The molecule has 1 unspecified atom stereocenters. The molecule has 0 fully saturated rings. The molecule has 0 bridgehead atoms. The molecule has 2 N–H and O–H groups in total. The average Bonchev–Trinajstić information content (AvgIpc) is 2.92. The molecular formula is C18H21N3. The summed E-state index contributed by atoms with van der Waals surface area (Å²) in [6.45, 7) is 2.82. The van der Waals surface area contributed by atoms with Crippen LogP contribution in [-0.4, -0.2) is 16.1 Å². The Morgan fingerprint density at radius 3 is 2.48 bits per heavy atom. The van der Waals surface area contributed by atoms with E-state index in [1.54, 1.807) is 0 Å². The van der Waals surface area contributed by atoms with Gasteiger partial charge in [-0.15, -0.1) is 0 Å². The number of para-hydroxylation sites is 2. The van der Waals surface area contributed by atoms with Crippen molar-refractivity contribution < 1.29 is 0 Å². The summed E-state index contributed by atoms with van der Waals surface area (Å²) in [4.78, 5) is 4.78. The van der Waals surface area contributed by atoms with Crippen LogP contribution in [0.3, 0.4) is 0 Å². The second-order valence-corrected chi connectivity index (χ2v) is 5.24. The third kappa shape index (κ3) is 2.57. The highest BCUT2D eigenvalue weighted by Crippen LogP contribution is 2.28. The molecule has 3 aromatic rings. The quantitative estimate of drug-likeness (QED) is 0.776. The van der Waals surface area contributed by atoms with Crippen molar-refractivity contribution in [2.75, 3.05) is 6.54 Å². The molecule has 1 atom stereocenters. The van der Waals surface area contributed by atoms with E-state index in [-0.39, 0.29) is 6.04 Å². The van der Waals surface area contributed by atoms with E-state index in [1.165, 1.54) is 11.1 Å². The van der Waals surface area contributed by atoms with Gasteiger partial charge >= 0.3 is 0 Å². The van der Waals surface area contributed by atoms with Gasteiger partial charge in [0, 0.05) is 6.42 Å². The molecule has 0 saturated carbocycles. The molecule has 3 heteroatoms. The molecule has 0 radical (unpaired) electrons.